The molecule has 3 N–H and O–H groups in total. The topological polar surface area (TPSA) is 58.4 Å². The molecule has 1 rings (SSSR count). The molecule has 2 atom stereocenters. The molecule has 4 heteroatoms. The molecule has 0 fully saturated rings. The Morgan fingerprint density at radius 1 is 1.25 bits per heavy atom. The van der Waals surface area contributed by atoms with Crippen molar-refractivity contribution in [2.24, 2.45) is 11.7 Å². The summed E-state index contributed by atoms with van der Waals surface area (Å²) in [5, 5.41) is 3.06. The molecular formula is C16H27N3O. The van der Waals surface area contributed by atoms with Gasteiger partial charge >= 0.3 is 0 Å². The van der Waals surface area contributed by atoms with Gasteiger partial charge in [-0.1, -0.05) is 43.7 Å². The number of carbonyl (C=O) groups is 1. The van der Waals surface area contributed by atoms with Crippen LogP contribution in [0.25, 0.3) is 0 Å². The predicted molar refractivity (Wildman–Crippen MR) is 83.4 cm³/mol. The van der Waals surface area contributed by atoms with E-state index < -0.39 is 6.04 Å². The lowest BCUT2D eigenvalue weighted by molar-refractivity contribution is -0.123. The van der Waals surface area contributed by atoms with Gasteiger partial charge in [0.15, 0.2) is 0 Å². The van der Waals surface area contributed by atoms with E-state index in [1.807, 2.05) is 45.3 Å². The second-order valence-corrected chi connectivity index (χ2v) is 6.01. The molecule has 0 saturated carbocycles. The SMILES string of the molecule is Cc1ccc(C(N)C(=O)NC(CN(C)C)C(C)C)cc1. The minimum absolute atomic E-state index is 0.106. The number of nitrogens with one attached hydrogen (secondary N) is 1. The molecule has 2 unspecified atom stereocenters. The molecule has 0 aliphatic rings. The molecule has 0 bridgehead atoms. The number of hydrogen-bond donors (Lipinski definition) is 2. The maximum atomic E-state index is 12.3. The lowest BCUT2D eigenvalue weighted by Crippen LogP contribution is -2.48. The van der Waals surface area contributed by atoms with Crippen molar-refractivity contribution in [1.82, 2.24) is 10.2 Å². The quantitative estimate of drug-likeness (QED) is 0.832. The summed E-state index contributed by atoms with van der Waals surface area (Å²) in [6.45, 7) is 7.03. The number of hydrogen-bond acceptors (Lipinski definition) is 3. The largest absolute Gasteiger partial charge is 0.350 e. The van der Waals surface area contributed by atoms with E-state index in [1.54, 1.807) is 0 Å². The Hall–Kier alpha value is -1.39. The molecule has 1 aromatic carbocycles. The van der Waals surface area contributed by atoms with Crippen LogP contribution in [0.3, 0.4) is 0 Å². The second-order valence-electron chi connectivity index (χ2n) is 6.01. The van der Waals surface area contributed by atoms with Crippen LogP contribution in [0.15, 0.2) is 24.3 Å². The lowest BCUT2D eigenvalue weighted by Gasteiger charge is -2.27. The highest BCUT2D eigenvalue weighted by Gasteiger charge is 2.21. The number of rotatable bonds is 6. The minimum atomic E-state index is -0.612. The second kappa shape index (κ2) is 7.41. The van der Waals surface area contributed by atoms with Gasteiger partial charge in [0.25, 0.3) is 0 Å². The molecule has 20 heavy (non-hydrogen) atoms. The Labute approximate surface area is 122 Å². The zero-order chi connectivity index (χ0) is 15.3. The number of amides is 1. The number of nitrogens with zero attached hydrogens (tertiary/aromatic N) is 1. The maximum absolute atomic E-state index is 12.3. The Kier molecular flexibility index (Phi) is 6.17. The summed E-state index contributed by atoms with van der Waals surface area (Å²) in [4.78, 5) is 14.3. The first-order chi connectivity index (χ1) is 9.31. The van der Waals surface area contributed by atoms with Gasteiger partial charge in [0, 0.05) is 12.6 Å². The summed E-state index contributed by atoms with van der Waals surface area (Å²) < 4.78 is 0. The monoisotopic (exact) mass is 277 g/mol. The molecule has 4 nitrogen and oxygen atoms in total. The molecule has 0 heterocycles. The summed E-state index contributed by atoms with van der Waals surface area (Å²) in [6, 6.07) is 7.27. The van der Waals surface area contributed by atoms with E-state index in [4.69, 9.17) is 5.73 Å². The van der Waals surface area contributed by atoms with E-state index in [1.165, 1.54) is 0 Å². The van der Waals surface area contributed by atoms with Crippen LogP contribution < -0.4 is 11.1 Å². The molecule has 0 aliphatic carbocycles. The number of benzene rings is 1. The fraction of sp³-hybridized carbons (Fsp3) is 0.562. The van der Waals surface area contributed by atoms with Gasteiger partial charge in [0.2, 0.25) is 5.91 Å². The van der Waals surface area contributed by atoms with Gasteiger partial charge in [-0.05, 0) is 32.5 Å². The summed E-state index contributed by atoms with van der Waals surface area (Å²) in [6.07, 6.45) is 0. The maximum Gasteiger partial charge on any atom is 0.241 e. The molecule has 0 radical (unpaired) electrons. The summed E-state index contributed by atoms with van der Waals surface area (Å²) in [5.41, 5.74) is 8.05. The smallest absolute Gasteiger partial charge is 0.241 e. The predicted octanol–water partition coefficient (Wildman–Crippen LogP) is 1.70. The van der Waals surface area contributed by atoms with Gasteiger partial charge in [-0.15, -0.1) is 0 Å². The van der Waals surface area contributed by atoms with Crippen molar-refractivity contribution in [3.63, 3.8) is 0 Å². The van der Waals surface area contributed by atoms with Crippen molar-refractivity contribution >= 4 is 5.91 Å². The Morgan fingerprint density at radius 2 is 1.80 bits per heavy atom. The number of nitrogens with two attached hydrogens (primary N) is 1. The normalized spacial score (nSPS) is 14.4. The highest BCUT2D eigenvalue weighted by Crippen LogP contribution is 2.13. The van der Waals surface area contributed by atoms with Crippen molar-refractivity contribution in [2.45, 2.75) is 32.9 Å². The van der Waals surface area contributed by atoms with Gasteiger partial charge in [-0.25, -0.2) is 0 Å². The van der Waals surface area contributed by atoms with Crippen LogP contribution in [-0.2, 0) is 4.79 Å². The van der Waals surface area contributed by atoms with E-state index >= 15 is 0 Å². The molecule has 112 valence electrons. The van der Waals surface area contributed by atoms with Crippen LogP contribution in [0.2, 0.25) is 0 Å². The van der Waals surface area contributed by atoms with Gasteiger partial charge in [0.05, 0.1) is 0 Å². The van der Waals surface area contributed by atoms with Gasteiger partial charge < -0.3 is 16.0 Å². The highest BCUT2D eigenvalue weighted by atomic mass is 16.2. The minimum Gasteiger partial charge on any atom is -0.350 e. The number of carbonyl (C=O) groups excluding carboxylic acids is 1. The lowest BCUT2D eigenvalue weighted by atomic mass is 10.0. The van der Waals surface area contributed by atoms with E-state index in [-0.39, 0.29) is 11.9 Å². The van der Waals surface area contributed by atoms with Gasteiger partial charge in [0.1, 0.15) is 6.04 Å². The van der Waals surface area contributed by atoms with Crippen LogP contribution in [-0.4, -0.2) is 37.5 Å². The summed E-state index contributed by atoms with van der Waals surface area (Å²) in [5.74, 6) is 0.251. The molecule has 0 saturated heterocycles. The van der Waals surface area contributed by atoms with Crippen molar-refractivity contribution in [3.8, 4) is 0 Å². The van der Waals surface area contributed by atoms with Crippen molar-refractivity contribution in [2.75, 3.05) is 20.6 Å². The molecule has 1 aromatic rings. The summed E-state index contributed by atoms with van der Waals surface area (Å²) in [7, 11) is 4.00. The van der Waals surface area contributed by atoms with Gasteiger partial charge in [-0.3, -0.25) is 4.79 Å². The van der Waals surface area contributed by atoms with Crippen molar-refractivity contribution < 1.29 is 4.79 Å². The molecule has 1 amide bonds. The first-order valence-electron chi connectivity index (χ1n) is 7.08. The van der Waals surface area contributed by atoms with E-state index in [0.717, 1.165) is 17.7 Å². The van der Waals surface area contributed by atoms with Crippen LogP contribution in [0.4, 0.5) is 0 Å². The van der Waals surface area contributed by atoms with Crippen LogP contribution in [0.1, 0.15) is 31.0 Å². The van der Waals surface area contributed by atoms with Crippen LogP contribution in [0.5, 0.6) is 0 Å². The number of aryl methyl sites for hydroxylation is 1. The Morgan fingerprint density at radius 3 is 2.25 bits per heavy atom. The van der Waals surface area contributed by atoms with Crippen molar-refractivity contribution in [1.29, 1.82) is 0 Å². The number of likely N-dealkylation sites (N-methyl/N-ethyl adjacent to an activating group) is 1. The first kappa shape index (κ1) is 16.7. The van der Waals surface area contributed by atoms with Crippen molar-refractivity contribution in [3.05, 3.63) is 35.4 Å². The molecular weight excluding hydrogens is 250 g/mol. The average Bonchev–Trinajstić information content (AvgIpc) is 2.37. The standard InChI is InChI=1S/C16H27N3O/c1-11(2)14(10-19(4)5)18-16(20)15(17)13-8-6-12(3)7-9-13/h6-9,11,14-15H,10,17H2,1-5H3,(H,18,20). The van der Waals surface area contributed by atoms with E-state index in [0.29, 0.717) is 5.92 Å². The third kappa shape index (κ3) is 4.94. The Bertz CT molecular complexity index is 426. The molecule has 0 spiro atoms. The van der Waals surface area contributed by atoms with E-state index in [9.17, 15) is 4.79 Å². The zero-order valence-corrected chi connectivity index (χ0v) is 13.2. The Balaban J connectivity index is 2.70. The fourth-order valence-electron chi connectivity index (χ4n) is 2.01. The van der Waals surface area contributed by atoms with Gasteiger partial charge in [-0.2, -0.15) is 0 Å². The average molecular weight is 277 g/mol. The van der Waals surface area contributed by atoms with E-state index in [2.05, 4.69) is 24.1 Å². The van der Waals surface area contributed by atoms with Crippen LogP contribution >= 0.6 is 0 Å². The fourth-order valence-corrected chi connectivity index (χ4v) is 2.01. The zero-order valence-electron chi connectivity index (χ0n) is 13.2. The molecule has 0 aromatic heterocycles. The first-order valence-corrected chi connectivity index (χ1v) is 7.08. The third-order valence-electron chi connectivity index (χ3n) is 3.41. The third-order valence-corrected chi connectivity index (χ3v) is 3.41. The molecule has 0 aliphatic heterocycles. The van der Waals surface area contributed by atoms with Crippen LogP contribution in [0, 0.1) is 12.8 Å². The summed E-state index contributed by atoms with van der Waals surface area (Å²) >= 11 is 0. The highest BCUT2D eigenvalue weighted by molar-refractivity contribution is 5.83.